The Morgan fingerprint density at radius 2 is 2.09 bits per heavy atom. The van der Waals surface area contributed by atoms with Gasteiger partial charge >= 0.3 is 0 Å². The predicted octanol–water partition coefficient (Wildman–Crippen LogP) is 2.61. The van der Waals surface area contributed by atoms with E-state index < -0.39 is 17.2 Å². The summed E-state index contributed by atoms with van der Waals surface area (Å²) in [5, 5.41) is 2.92. The molecule has 6 heteroatoms. The molecular formula is C16H24F2N2O2. The standard InChI is InChI=1S/C16H24F2N2O2/c1-11(2)16(3,10-19)20-15(21)5-4-8-22-14-7-6-12(17)9-13(14)18/h6-7,9,11H,4-5,8,10,19H2,1-3H3,(H,20,21). The molecule has 1 aromatic carbocycles. The summed E-state index contributed by atoms with van der Waals surface area (Å²) in [6.07, 6.45) is 0.687. The summed E-state index contributed by atoms with van der Waals surface area (Å²) in [5.41, 5.74) is 5.26. The van der Waals surface area contributed by atoms with Crippen LogP contribution in [-0.2, 0) is 4.79 Å². The van der Waals surface area contributed by atoms with E-state index >= 15 is 0 Å². The van der Waals surface area contributed by atoms with Crippen molar-refractivity contribution in [1.82, 2.24) is 5.32 Å². The largest absolute Gasteiger partial charge is 0.491 e. The van der Waals surface area contributed by atoms with Crippen LogP contribution in [0, 0.1) is 17.6 Å². The van der Waals surface area contributed by atoms with Crippen LogP contribution in [-0.4, -0.2) is 24.6 Å². The highest BCUT2D eigenvalue weighted by Crippen LogP contribution is 2.18. The smallest absolute Gasteiger partial charge is 0.220 e. The molecule has 124 valence electrons. The van der Waals surface area contributed by atoms with E-state index in [1.807, 2.05) is 20.8 Å². The molecule has 4 nitrogen and oxygen atoms in total. The van der Waals surface area contributed by atoms with Crippen LogP contribution < -0.4 is 15.8 Å². The zero-order chi connectivity index (χ0) is 16.8. The predicted molar refractivity (Wildman–Crippen MR) is 81.5 cm³/mol. The van der Waals surface area contributed by atoms with E-state index in [1.54, 1.807) is 0 Å². The lowest BCUT2D eigenvalue weighted by Crippen LogP contribution is -2.55. The summed E-state index contributed by atoms with van der Waals surface area (Å²) in [4.78, 5) is 11.9. The Balaban J connectivity index is 2.36. The van der Waals surface area contributed by atoms with Crippen LogP contribution >= 0.6 is 0 Å². The Kier molecular flexibility index (Phi) is 6.74. The highest BCUT2D eigenvalue weighted by molar-refractivity contribution is 5.76. The van der Waals surface area contributed by atoms with Crippen molar-refractivity contribution in [3.8, 4) is 5.75 Å². The Hall–Kier alpha value is -1.69. The lowest BCUT2D eigenvalue weighted by Gasteiger charge is -2.33. The number of rotatable bonds is 8. The number of nitrogens with two attached hydrogens (primary N) is 1. The molecule has 22 heavy (non-hydrogen) atoms. The van der Waals surface area contributed by atoms with Gasteiger partial charge in [-0.2, -0.15) is 0 Å². The monoisotopic (exact) mass is 314 g/mol. The molecule has 1 unspecified atom stereocenters. The number of carbonyl (C=O) groups is 1. The van der Waals surface area contributed by atoms with Crippen molar-refractivity contribution in [2.24, 2.45) is 11.7 Å². The zero-order valence-corrected chi connectivity index (χ0v) is 13.3. The number of amides is 1. The third-order valence-electron chi connectivity index (χ3n) is 3.82. The van der Waals surface area contributed by atoms with Gasteiger partial charge in [0.2, 0.25) is 5.91 Å². The second-order valence-corrected chi connectivity index (χ2v) is 5.85. The molecule has 0 saturated heterocycles. The van der Waals surface area contributed by atoms with Crippen molar-refractivity contribution >= 4 is 5.91 Å². The fraction of sp³-hybridized carbons (Fsp3) is 0.562. The molecule has 0 fully saturated rings. The fourth-order valence-electron chi connectivity index (χ4n) is 1.82. The molecular weight excluding hydrogens is 290 g/mol. The highest BCUT2D eigenvalue weighted by atomic mass is 19.1. The summed E-state index contributed by atoms with van der Waals surface area (Å²) in [7, 11) is 0. The number of carbonyl (C=O) groups excluding carboxylic acids is 1. The summed E-state index contributed by atoms with van der Waals surface area (Å²) >= 11 is 0. The minimum atomic E-state index is -0.750. The molecule has 0 aliphatic heterocycles. The Morgan fingerprint density at radius 3 is 2.64 bits per heavy atom. The summed E-state index contributed by atoms with van der Waals surface area (Å²) in [6.45, 7) is 6.42. The topological polar surface area (TPSA) is 64.3 Å². The quantitative estimate of drug-likeness (QED) is 0.725. The van der Waals surface area contributed by atoms with Gasteiger partial charge in [-0.1, -0.05) is 13.8 Å². The van der Waals surface area contributed by atoms with E-state index in [4.69, 9.17) is 10.5 Å². The van der Waals surface area contributed by atoms with Gasteiger partial charge in [0.05, 0.1) is 12.1 Å². The zero-order valence-electron chi connectivity index (χ0n) is 13.3. The first-order chi connectivity index (χ1) is 10.3. The van der Waals surface area contributed by atoms with Crippen LogP contribution in [0.5, 0.6) is 5.75 Å². The van der Waals surface area contributed by atoms with Gasteiger partial charge in [-0.15, -0.1) is 0 Å². The van der Waals surface area contributed by atoms with Crippen molar-refractivity contribution in [2.75, 3.05) is 13.2 Å². The van der Waals surface area contributed by atoms with E-state index in [1.165, 1.54) is 6.07 Å². The Labute approximate surface area is 130 Å². The molecule has 0 saturated carbocycles. The molecule has 0 bridgehead atoms. The van der Waals surface area contributed by atoms with Crippen LogP contribution in [0.2, 0.25) is 0 Å². The van der Waals surface area contributed by atoms with Crippen LogP contribution in [0.4, 0.5) is 8.78 Å². The Bertz CT molecular complexity index is 509. The van der Waals surface area contributed by atoms with Crippen molar-refractivity contribution in [3.05, 3.63) is 29.8 Å². The van der Waals surface area contributed by atoms with Gasteiger partial charge in [0.25, 0.3) is 0 Å². The molecule has 0 radical (unpaired) electrons. The first-order valence-electron chi connectivity index (χ1n) is 7.37. The van der Waals surface area contributed by atoms with Crippen LogP contribution in [0.1, 0.15) is 33.6 Å². The molecule has 0 spiro atoms. The number of nitrogens with one attached hydrogen (secondary N) is 1. The number of hydrogen-bond donors (Lipinski definition) is 2. The molecule has 0 aromatic heterocycles. The van der Waals surface area contributed by atoms with Gasteiger partial charge in [-0.05, 0) is 31.4 Å². The van der Waals surface area contributed by atoms with E-state index in [-0.39, 0.29) is 30.6 Å². The number of hydrogen-bond acceptors (Lipinski definition) is 3. The normalized spacial score (nSPS) is 13.8. The van der Waals surface area contributed by atoms with Crippen LogP contribution in [0.25, 0.3) is 0 Å². The van der Waals surface area contributed by atoms with Gasteiger partial charge in [-0.3, -0.25) is 4.79 Å². The van der Waals surface area contributed by atoms with Crippen molar-refractivity contribution in [3.63, 3.8) is 0 Å². The molecule has 1 atom stereocenters. The molecule has 0 aliphatic rings. The molecule has 1 aromatic rings. The third-order valence-corrected chi connectivity index (χ3v) is 3.82. The molecule has 3 N–H and O–H groups in total. The third kappa shape index (κ3) is 5.26. The molecule has 1 rings (SSSR count). The van der Waals surface area contributed by atoms with E-state index in [9.17, 15) is 13.6 Å². The maximum atomic E-state index is 13.3. The number of halogens is 2. The van der Waals surface area contributed by atoms with Crippen molar-refractivity contribution < 1.29 is 18.3 Å². The van der Waals surface area contributed by atoms with Gasteiger partial charge in [-0.25, -0.2) is 8.78 Å². The van der Waals surface area contributed by atoms with Gasteiger partial charge < -0.3 is 15.8 Å². The minimum absolute atomic E-state index is 0.0178. The first-order valence-corrected chi connectivity index (χ1v) is 7.37. The van der Waals surface area contributed by atoms with E-state index in [2.05, 4.69) is 5.32 Å². The Morgan fingerprint density at radius 1 is 1.41 bits per heavy atom. The molecule has 1 amide bonds. The summed E-state index contributed by atoms with van der Waals surface area (Å²) in [6, 6.07) is 3.12. The highest BCUT2D eigenvalue weighted by Gasteiger charge is 2.28. The lowest BCUT2D eigenvalue weighted by molar-refractivity contribution is -0.123. The van der Waals surface area contributed by atoms with Crippen LogP contribution in [0.15, 0.2) is 18.2 Å². The number of ether oxygens (including phenoxy) is 1. The van der Waals surface area contributed by atoms with E-state index in [0.717, 1.165) is 12.1 Å². The maximum absolute atomic E-state index is 13.3. The first kappa shape index (κ1) is 18.4. The van der Waals surface area contributed by atoms with Crippen molar-refractivity contribution in [2.45, 2.75) is 39.2 Å². The van der Waals surface area contributed by atoms with Crippen LogP contribution in [0.3, 0.4) is 0 Å². The minimum Gasteiger partial charge on any atom is -0.491 e. The van der Waals surface area contributed by atoms with E-state index in [0.29, 0.717) is 13.0 Å². The average molecular weight is 314 g/mol. The number of benzene rings is 1. The average Bonchev–Trinajstić information content (AvgIpc) is 2.45. The van der Waals surface area contributed by atoms with Gasteiger partial charge in [0.15, 0.2) is 11.6 Å². The maximum Gasteiger partial charge on any atom is 0.220 e. The second-order valence-electron chi connectivity index (χ2n) is 5.85. The second kappa shape index (κ2) is 8.08. The SMILES string of the molecule is CC(C)C(C)(CN)NC(=O)CCCOc1ccc(F)cc1F. The summed E-state index contributed by atoms with van der Waals surface area (Å²) in [5.74, 6) is -1.33. The summed E-state index contributed by atoms with van der Waals surface area (Å²) < 4.78 is 31.3. The van der Waals surface area contributed by atoms with Gasteiger partial charge in [0, 0.05) is 19.0 Å². The molecule has 0 heterocycles. The van der Waals surface area contributed by atoms with Gasteiger partial charge in [0.1, 0.15) is 5.82 Å². The molecule has 0 aliphatic carbocycles. The fourth-order valence-corrected chi connectivity index (χ4v) is 1.82. The lowest BCUT2D eigenvalue weighted by atomic mass is 9.88. The van der Waals surface area contributed by atoms with Crippen molar-refractivity contribution in [1.29, 1.82) is 0 Å².